The number of hydrogen-bond donors (Lipinski definition) is 0. The number of rotatable bonds is 4. The SMILES string of the molecule is CCC(C)c1cc(C)n2nc(-c3ccc(OC)nc3C)n(C)c(=O)c12. The summed E-state index contributed by atoms with van der Waals surface area (Å²) in [5.41, 5.74) is 4.24. The van der Waals surface area contributed by atoms with Crippen LogP contribution < -0.4 is 10.3 Å². The Morgan fingerprint density at radius 1 is 1.28 bits per heavy atom. The maximum absolute atomic E-state index is 13.1. The second-order valence-corrected chi connectivity index (χ2v) is 6.49. The molecular formula is C19H24N4O2. The van der Waals surface area contributed by atoms with E-state index in [1.54, 1.807) is 29.3 Å². The lowest BCUT2D eigenvalue weighted by Crippen LogP contribution is -2.24. The van der Waals surface area contributed by atoms with E-state index in [4.69, 9.17) is 9.84 Å². The van der Waals surface area contributed by atoms with Gasteiger partial charge in [-0.3, -0.25) is 9.36 Å². The summed E-state index contributed by atoms with van der Waals surface area (Å²) in [7, 11) is 3.35. The number of aromatic nitrogens is 4. The van der Waals surface area contributed by atoms with Gasteiger partial charge in [-0.1, -0.05) is 13.8 Å². The van der Waals surface area contributed by atoms with Gasteiger partial charge < -0.3 is 4.74 Å². The van der Waals surface area contributed by atoms with Gasteiger partial charge in [0, 0.05) is 24.4 Å². The molecular weight excluding hydrogens is 316 g/mol. The van der Waals surface area contributed by atoms with Gasteiger partial charge in [-0.2, -0.15) is 0 Å². The molecule has 0 radical (unpaired) electrons. The fourth-order valence-corrected chi connectivity index (χ4v) is 3.13. The van der Waals surface area contributed by atoms with E-state index in [-0.39, 0.29) is 5.56 Å². The second kappa shape index (κ2) is 6.35. The van der Waals surface area contributed by atoms with Crippen LogP contribution in [0.3, 0.4) is 0 Å². The summed E-state index contributed by atoms with van der Waals surface area (Å²) >= 11 is 0. The van der Waals surface area contributed by atoms with Crippen molar-refractivity contribution in [2.24, 2.45) is 7.05 Å². The molecule has 0 aliphatic rings. The molecule has 3 aromatic rings. The van der Waals surface area contributed by atoms with Crippen molar-refractivity contribution in [2.45, 2.75) is 40.0 Å². The lowest BCUT2D eigenvalue weighted by Gasteiger charge is -2.13. The van der Waals surface area contributed by atoms with E-state index in [0.717, 1.165) is 28.9 Å². The highest BCUT2D eigenvalue weighted by molar-refractivity contribution is 5.63. The van der Waals surface area contributed by atoms with E-state index in [1.807, 2.05) is 19.9 Å². The van der Waals surface area contributed by atoms with Gasteiger partial charge in [-0.05, 0) is 43.9 Å². The number of pyridine rings is 1. The molecule has 0 N–H and O–H groups in total. The van der Waals surface area contributed by atoms with Gasteiger partial charge in [0.15, 0.2) is 5.82 Å². The molecule has 1 unspecified atom stereocenters. The molecule has 3 heterocycles. The van der Waals surface area contributed by atoms with Crippen molar-refractivity contribution in [1.29, 1.82) is 0 Å². The Balaban J connectivity index is 2.31. The van der Waals surface area contributed by atoms with Crippen molar-refractivity contribution >= 4 is 5.52 Å². The van der Waals surface area contributed by atoms with Crippen LogP contribution >= 0.6 is 0 Å². The average Bonchev–Trinajstić information content (AvgIpc) is 2.94. The van der Waals surface area contributed by atoms with E-state index in [0.29, 0.717) is 23.1 Å². The summed E-state index contributed by atoms with van der Waals surface area (Å²) in [6, 6.07) is 5.75. The first kappa shape index (κ1) is 17.2. The summed E-state index contributed by atoms with van der Waals surface area (Å²) in [4.78, 5) is 17.5. The summed E-state index contributed by atoms with van der Waals surface area (Å²) in [5, 5.41) is 4.76. The molecule has 0 bridgehead atoms. The largest absolute Gasteiger partial charge is 0.481 e. The number of fused-ring (bicyclic) bond motifs is 1. The van der Waals surface area contributed by atoms with Crippen LogP contribution in [0.25, 0.3) is 16.9 Å². The Bertz CT molecular complexity index is 1000. The molecule has 0 aliphatic carbocycles. The molecule has 6 heteroatoms. The Morgan fingerprint density at radius 3 is 2.60 bits per heavy atom. The fourth-order valence-electron chi connectivity index (χ4n) is 3.13. The Labute approximate surface area is 147 Å². The minimum absolute atomic E-state index is 0.0383. The van der Waals surface area contributed by atoms with Crippen LogP contribution in [0.1, 0.15) is 43.1 Å². The van der Waals surface area contributed by atoms with Crippen molar-refractivity contribution < 1.29 is 4.74 Å². The van der Waals surface area contributed by atoms with Crippen LogP contribution in [0, 0.1) is 13.8 Å². The Hall–Kier alpha value is -2.63. The van der Waals surface area contributed by atoms with E-state index in [1.165, 1.54) is 0 Å². The first-order valence-corrected chi connectivity index (χ1v) is 8.50. The number of aryl methyl sites for hydroxylation is 2. The van der Waals surface area contributed by atoms with Gasteiger partial charge in [-0.15, -0.1) is 5.10 Å². The highest BCUT2D eigenvalue weighted by atomic mass is 16.5. The lowest BCUT2D eigenvalue weighted by molar-refractivity contribution is 0.397. The second-order valence-electron chi connectivity index (χ2n) is 6.49. The zero-order chi connectivity index (χ0) is 18.3. The number of methoxy groups -OCH3 is 1. The van der Waals surface area contributed by atoms with Gasteiger partial charge in [0.25, 0.3) is 5.56 Å². The van der Waals surface area contributed by atoms with Gasteiger partial charge in [0.1, 0.15) is 5.52 Å². The molecule has 132 valence electrons. The standard InChI is InChI=1S/C19H24N4O2/c1-7-11(2)15-10-12(3)23-17(15)19(24)22(5)18(21-23)14-8-9-16(25-6)20-13(14)4/h8-11H,7H2,1-6H3. The first-order chi connectivity index (χ1) is 11.9. The van der Waals surface area contributed by atoms with Gasteiger partial charge in [-0.25, -0.2) is 9.50 Å². The Kier molecular flexibility index (Phi) is 4.37. The summed E-state index contributed by atoms with van der Waals surface area (Å²) in [6.07, 6.45) is 0.978. The van der Waals surface area contributed by atoms with Gasteiger partial charge in [0.05, 0.1) is 12.8 Å². The number of ether oxygens (including phenoxy) is 1. The molecule has 1 atom stereocenters. The molecule has 25 heavy (non-hydrogen) atoms. The summed E-state index contributed by atoms with van der Waals surface area (Å²) in [5.74, 6) is 1.46. The Morgan fingerprint density at radius 2 is 2.00 bits per heavy atom. The predicted molar refractivity (Wildman–Crippen MR) is 98.4 cm³/mol. The topological polar surface area (TPSA) is 61.4 Å². The van der Waals surface area contributed by atoms with E-state index < -0.39 is 0 Å². The molecule has 0 saturated carbocycles. The minimum atomic E-state index is -0.0383. The van der Waals surface area contributed by atoms with Crippen molar-refractivity contribution in [3.05, 3.63) is 45.5 Å². The highest BCUT2D eigenvalue weighted by Crippen LogP contribution is 2.27. The van der Waals surface area contributed by atoms with Crippen molar-refractivity contribution in [3.8, 4) is 17.3 Å². The zero-order valence-corrected chi connectivity index (χ0v) is 15.6. The van der Waals surface area contributed by atoms with Crippen LogP contribution in [0.5, 0.6) is 5.88 Å². The third-order valence-corrected chi connectivity index (χ3v) is 4.86. The molecule has 0 fully saturated rings. The number of nitrogens with zero attached hydrogens (tertiary/aromatic N) is 4. The zero-order valence-electron chi connectivity index (χ0n) is 15.6. The highest BCUT2D eigenvalue weighted by Gasteiger charge is 2.20. The molecule has 0 saturated heterocycles. The summed E-state index contributed by atoms with van der Waals surface area (Å²) < 4.78 is 8.54. The van der Waals surface area contributed by atoms with Gasteiger partial charge in [0.2, 0.25) is 5.88 Å². The fraction of sp³-hybridized carbons (Fsp3) is 0.421. The first-order valence-electron chi connectivity index (χ1n) is 8.50. The van der Waals surface area contributed by atoms with E-state index in [9.17, 15) is 4.79 Å². The minimum Gasteiger partial charge on any atom is -0.481 e. The predicted octanol–water partition coefficient (Wildman–Crippen LogP) is 3.23. The average molecular weight is 340 g/mol. The van der Waals surface area contributed by atoms with Crippen LogP contribution in [0.4, 0.5) is 0 Å². The van der Waals surface area contributed by atoms with Crippen LogP contribution in [0.15, 0.2) is 23.0 Å². The summed E-state index contributed by atoms with van der Waals surface area (Å²) in [6.45, 7) is 8.14. The molecule has 6 nitrogen and oxygen atoms in total. The smallest absolute Gasteiger partial charge is 0.278 e. The molecule has 0 aliphatic heterocycles. The third-order valence-electron chi connectivity index (χ3n) is 4.86. The van der Waals surface area contributed by atoms with Crippen molar-refractivity contribution in [1.82, 2.24) is 19.2 Å². The van der Waals surface area contributed by atoms with Crippen molar-refractivity contribution in [2.75, 3.05) is 7.11 Å². The van der Waals surface area contributed by atoms with E-state index >= 15 is 0 Å². The number of hydrogen-bond acceptors (Lipinski definition) is 4. The van der Waals surface area contributed by atoms with E-state index in [2.05, 4.69) is 24.9 Å². The van der Waals surface area contributed by atoms with Crippen LogP contribution in [0.2, 0.25) is 0 Å². The third kappa shape index (κ3) is 2.71. The molecule has 3 rings (SSSR count). The van der Waals surface area contributed by atoms with Crippen LogP contribution in [-0.4, -0.2) is 26.3 Å². The quantitative estimate of drug-likeness (QED) is 0.731. The maximum Gasteiger partial charge on any atom is 0.278 e. The van der Waals surface area contributed by atoms with Gasteiger partial charge >= 0.3 is 0 Å². The monoisotopic (exact) mass is 340 g/mol. The molecule has 0 spiro atoms. The molecule has 0 aromatic carbocycles. The van der Waals surface area contributed by atoms with Crippen molar-refractivity contribution in [3.63, 3.8) is 0 Å². The maximum atomic E-state index is 13.1. The van der Waals surface area contributed by atoms with Crippen LogP contribution in [-0.2, 0) is 7.05 Å². The normalized spacial score (nSPS) is 12.6. The lowest BCUT2D eigenvalue weighted by atomic mass is 10.00. The molecule has 3 aromatic heterocycles. The molecule has 0 amide bonds.